The van der Waals surface area contributed by atoms with Gasteiger partial charge in [0.1, 0.15) is 12.7 Å². The molecule has 2 aromatic heterocycles. The van der Waals surface area contributed by atoms with Crippen LogP contribution in [0.25, 0.3) is 5.95 Å². The molecule has 0 radical (unpaired) electrons. The number of ether oxygens (including phenoxy) is 1. The van der Waals surface area contributed by atoms with Gasteiger partial charge >= 0.3 is 0 Å². The van der Waals surface area contributed by atoms with Gasteiger partial charge in [-0.3, -0.25) is 14.5 Å². The molecular weight excluding hydrogens is 300 g/mol. The van der Waals surface area contributed by atoms with Crippen LogP contribution in [-0.2, 0) is 4.74 Å². The highest BCUT2D eigenvalue weighted by atomic mass is 35.5. The molecule has 1 atom stereocenters. The van der Waals surface area contributed by atoms with Gasteiger partial charge in [0.2, 0.25) is 5.82 Å². The second kappa shape index (κ2) is 7.11. The Morgan fingerprint density at radius 1 is 1.48 bits per heavy atom. The van der Waals surface area contributed by atoms with Gasteiger partial charge in [-0.05, 0) is 0 Å². The number of rotatable bonds is 4. The molecule has 1 aliphatic heterocycles. The second-order valence-electron chi connectivity index (χ2n) is 4.26. The van der Waals surface area contributed by atoms with E-state index >= 15 is 0 Å². The number of nitrogens with one attached hydrogen (secondary N) is 3. The number of hydrogen-bond acceptors (Lipinski definition) is 7. The summed E-state index contributed by atoms with van der Waals surface area (Å²) in [5, 5.41) is 19.7. The van der Waals surface area contributed by atoms with E-state index in [0.717, 1.165) is 13.1 Å². The maximum absolute atomic E-state index is 11.9. The number of nitrogens with zero attached hydrogens (tertiary/aromatic N) is 5. The highest BCUT2D eigenvalue weighted by molar-refractivity contribution is 5.90. The van der Waals surface area contributed by atoms with Crippen molar-refractivity contribution in [2.24, 2.45) is 0 Å². The zero-order chi connectivity index (χ0) is 13.8. The number of carbonyl (C=O) groups excluding carboxylic acids is 1. The molecule has 1 aliphatic rings. The number of H-pyrrole nitrogens is 1. The van der Waals surface area contributed by atoms with Crippen molar-refractivity contribution in [3.63, 3.8) is 0 Å². The summed E-state index contributed by atoms with van der Waals surface area (Å²) < 4.78 is 6.99. The van der Waals surface area contributed by atoms with Crippen LogP contribution >= 0.6 is 12.4 Å². The molecule has 3 rings (SSSR count). The number of morpholine rings is 1. The van der Waals surface area contributed by atoms with Gasteiger partial charge in [-0.15, -0.1) is 27.7 Å². The van der Waals surface area contributed by atoms with E-state index in [1.807, 2.05) is 0 Å². The number of hydrogen-bond donors (Lipinski definition) is 3. The van der Waals surface area contributed by atoms with Crippen molar-refractivity contribution in [2.75, 3.05) is 26.2 Å². The Hall–Kier alpha value is -2.04. The lowest BCUT2D eigenvalue weighted by Gasteiger charge is -2.23. The van der Waals surface area contributed by atoms with E-state index in [9.17, 15) is 4.79 Å². The summed E-state index contributed by atoms with van der Waals surface area (Å²) in [6, 6.07) is 0. The van der Waals surface area contributed by atoms with E-state index in [4.69, 9.17) is 4.74 Å². The largest absolute Gasteiger partial charge is 0.374 e. The van der Waals surface area contributed by atoms with Gasteiger partial charge in [-0.1, -0.05) is 0 Å². The molecule has 1 amide bonds. The van der Waals surface area contributed by atoms with Crippen molar-refractivity contribution < 1.29 is 9.53 Å². The quantitative estimate of drug-likeness (QED) is 0.629. The van der Waals surface area contributed by atoms with Crippen LogP contribution in [0.1, 0.15) is 10.6 Å². The van der Waals surface area contributed by atoms with E-state index < -0.39 is 0 Å². The molecular formula is C10H15ClN8O2. The molecule has 114 valence electrons. The molecule has 3 N–H and O–H groups in total. The summed E-state index contributed by atoms with van der Waals surface area (Å²) in [6.07, 6.45) is 2.88. The van der Waals surface area contributed by atoms with Crippen molar-refractivity contribution in [3.05, 3.63) is 18.5 Å². The number of halogens is 1. The van der Waals surface area contributed by atoms with Gasteiger partial charge in [0.05, 0.1) is 12.7 Å². The molecule has 10 nitrogen and oxygen atoms in total. The zero-order valence-corrected chi connectivity index (χ0v) is 11.8. The molecule has 0 spiro atoms. The molecule has 0 aromatic carbocycles. The Kier molecular flexibility index (Phi) is 5.20. The first kappa shape index (κ1) is 15.4. The predicted molar refractivity (Wildman–Crippen MR) is 73.5 cm³/mol. The minimum Gasteiger partial charge on any atom is -0.374 e. The molecule has 0 bridgehead atoms. The highest BCUT2D eigenvalue weighted by Crippen LogP contribution is 1.99. The summed E-state index contributed by atoms with van der Waals surface area (Å²) in [5.41, 5.74) is 0. The van der Waals surface area contributed by atoms with Crippen molar-refractivity contribution in [3.8, 4) is 5.95 Å². The SMILES string of the molecule is Cl.O=C(NCC1CNCCO1)c1nc(-n2cnnc2)n[nH]1. The fraction of sp³-hybridized carbons (Fsp3) is 0.500. The first-order valence-corrected chi connectivity index (χ1v) is 6.21. The van der Waals surface area contributed by atoms with E-state index in [2.05, 4.69) is 36.0 Å². The first-order valence-electron chi connectivity index (χ1n) is 6.21. The van der Waals surface area contributed by atoms with E-state index in [-0.39, 0.29) is 30.2 Å². The van der Waals surface area contributed by atoms with Gasteiger partial charge < -0.3 is 15.4 Å². The maximum Gasteiger partial charge on any atom is 0.288 e. The minimum atomic E-state index is -0.328. The summed E-state index contributed by atoms with van der Waals surface area (Å²) in [7, 11) is 0. The third kappa shape index (κ3) is 3.74. The Balaban J connectivity index is 0.00000161. The van der Waals surface area contributed by atoms with Crippen LogP contribution in [0.15, 0.2) is 12.7 Å². The summed E-state index contributed by atoms with van der Waals surface area (Å²) in [5.74, 6) is 0.124. The third-order valence-corrected chi connectivity index (χ3v) is 2.83. The lowest BCUT2D eigenvalue weighted by molar-refractivity contribution is 0.0286. The molecule has 1 fully saturated rings. The van der Waals surface area contributed by atoms with E-state index in [1.165, 1.54) is 17.2 Å². The van der Waals surface area contributed by atoms with Crippen LogP contribution in [-0.4, -0.2) is 68.2 Å². The van der Waals surface area contributed by atoms with Crippen LogP contribution in [0, 0.1) is 0 Å². The highest BCUT2D eigenvalue weighted by Gasteiger charge is 2.17. The van der Waals surface area contributed by atoms with Crippen molar-refractivity contribution in [1.82, 2.24) is 40.6 Å². The lowest BCUT2D eigenvalue weighted by atomic mass is 10.3. The molecule has 0 aliphatic carbocycles. The molecule has 1 saturated heterocycles. The average molecular weight is 315 g/mol. The number of carbonyl (C=O) groups is 1. The van der Waals surface area contributed by atoms with Crippen LogP contribution in [0.3, 0.4) is 0 Å². The molecule has 11 heteroatoms. The standard InChI is InChI=1S/C10H14N8O2.ClH/c19-9(12-4-7-3-11-1-2-20-7)8-15-10(17-16-8)18-5-13-14-6-18;/h5-7,11H,1-4H2,(H,12,19)(H,15,16,17);1H. The molecule has 3 heterocycles. The normalized spacial score (nSPS) is 18.0. The smallest absolute Gasteiger partial charge is 0.288 e. The number of aromatic nitrogens is 6. The Labute approximate surface area is 126 Å². The van der Waals surface area contributed by atoms with Crippen LogP contribution in [0.5, 0.6) is 0 Å². The Morgan fingerprint density at radius 3 is 3.00 bits per heavy atom. The predicted octanol–water partition coefficient (Wildman–Crippen LogP) is -1.47. The van der Waals surface area contributed by atoms with Crippen LogP contribution in [0.2, 0.25) is 0 Å². The van der Waals surface area contributed by atoms with Crippen LogP contribution in [0.4, 0.5) is 0 Å². The summed E-state index contributed by atoms with van der Waals surface area (Å²) >= 11 is 0. The number of amides is 1. The van der Waals surface area contributed by atoms with Crippen molar-refractivity contribution in [1.29, 1.82) is 0 Å². The van der Waals surface area contributed by atoms with Crippen molar-refractivity contribution in [2.45, 2.75) is 6.10 Å². The average Bonchev–Trinajstić information content (AvgIpc) is 3.16. The maximum atomic E-state index is 11.9. The van der Waals surface area contributed by atoms with Gasteiger partial charge in [0.25, 0.3) is 11.9 Å². The Morgan fingerprint density at radius 2 is 2.29 bits per heavy atom. The van der Waals surface area contributed by atoms with Crippen LogP contribution < -0.4 is 10.6 Å². The number of aromatic amines is 1. The van der Waals surface area contributed by atoms with Gasteiger partial charge in [0, 0.05) is 19.6 Å². The first-order chi connectivity index (χ1) is 9.83. The molecule has 0 saturated carbocycles. The van der Waals surface area contributed by atoms with Crippen molar-refractivity contribution >= 4 is 18.3 Å². The fourth-order valence-corrected chi connectivity index (χ4v) is 1.82. The Bertz CT molecular complexity index is 565. The van der Waals surface area contributed by atoms with Gasteiger partial charge in [0.15, 0.2) is 0 Å². The topological polar surface area (TPSA) is 123 Å². The third-order valence-electron chi connectivity index (χ3n) is 2.83. The summed E-state index contributed by atoms with van der Waals surface area (Å²) in [4.78, 5) is 16.0. The monoisotopic (exact) mass is 314 g/mol. The molecule has 1 unspecified atom stereocenters. The molecule has 2 aromatic rings. The second-order valence-corrected chi connectivity index (χ2v) is 4.26. The van der Waals surface area contributed by atoms with E-state index in [1.54, 1.807) is 0 Å². The lowest BCUT2D eigenvalue weighted by Crippen LogP contribution is -2.45. The zero-order valence-electron chi connectivity index (χ0n) is 11.0. The van der Waals surface area contributed by atoms with Gasteiger partial charge in [-0.2, -0.15) is 4.98 Å². The molecule has 21 heavy (non-hydrogen) atoms. The van der Waals surface area contributed by atoms with Gasteiger partial charge in [-0.25, -0.2) is 0 Å². The summed E-state index contributed by atoms with van der Waals surface area (Å²) in [6.45, 7) is 2.65. The fourth-order valence-electron chi connectivity index (χ4n) is 1.82. The van der Waals surface area contributed by atoms with E-state index in [0.29, 0.717) is 19.1 Å². The minimum absolute atomic E-state index is 0.